The van der Waals surface area contributed by atoms with E-state index in [0.29, 0.717) is 0 Å². The number of nitrogens with zero attached hydrogens (tertiary/aromatic N) is 5. The molecule has 0 N–H and O–H groups in total. The van der Waals surface area contributed by atoms with Crippen molar-refractivity contribution in [2.45, 2.75) is 0 Å². The van der Waals surface area contributed by atoms with Gasteiger partial charge in [0.05, 0.1) is 5.69 Å². The minimum atomic E-state index is 0. The number of anilines is 8. The largest absolute Gasteiger partial charge is 0.493 e. The van der Waals surface area contributed by atoms with Gasteiger partial charge < -0.3 is 19.6 Å². The van der Waals surface area contributed by atoms with E-state index in [-0.39, 0.29) is 20.1 Å². The summed E-state index contributed by atoms with van der Waals surface area (Å²) in [5.41, 5.74) is 7.53. The Balaban J connectivity index is 0.000000150. The van der Waals surface area contributed by atoms with E-state index in [0.717, 1.165) is 45.6 Å². The molecule has 1 aromatic heterocycles. The van der Waals surface area contributed by atoms with Gasteiger partial charge >= 0.3 is 0 Å². The summed E-state index contributed by atoms with van der Waals surface area (Å²) in [5, 5.41) is 0. The monoisotopic (exact) mass is 733 g/mol. The predicted octanol–water partition coefficient (Wildman–Crippen LogP) is 8.98. The molecule has 0 unspecified atom stereocenters. The Bertz CT molecular complexity index is 1490. The van der Waals surface area contributed by atoms with E-state index >= 15 is 0 Å². The molecular weight excluding hydrogens is 707 g/mol. The maximum absolute atomic E-state index is 4.53. The van der Waals surface area contributed by atoms with Crippen LogP contribution in [0, 0.1) is 31.5 Å². The van der Waals surface area contributed by atoms with Gasteiger partial charge in [0.25, 0.3) is 0 Å². The Morgan fingerprint density at radius 2 is 0.907 bits per heavy atom. The summed E-state index contributed by atoms with van der Waals surface area (Å²) in [6, 6.07) is 56.4. The summed E-state index contributed by atoms with van der Waals surface area (Å²) in [7, 11) is 0. The number of aromatic nitrogens is 1. The number of rotatable bonds is 4. The Morgan fingerprint density at radius 1 is 0.442 bits per heavy atom. The van der Waals surface area contributed by atoms with Gasteiger partial charge in [-0.1, -0.05) is 30.3 Å². The van der Waals surface area contributed by atoms with Crippen molar-refractivity contribution in [2.75, 3.05) is 19.6 Å². The molecule has 43 heavy (non-hydrogen) atoms. The second kappa shape index (κ2) is 13.0. The van der Waals surface area contributed by atoms with Gasteiger partial charge in [-0.05, 0) is 36.4 Å². The van der Waals surface area contributed by atoms with Crippen molar-refractivity contribution >= 4 is 45.6 Å². The summed E-state index contributed by atoms with van der Waals surface area (Å²) in [6.07, 6.45) is 1.82. The number of pyridine rings is 1. The molecule has 2 aliphatic rings. The summed E-state index contributed by atoms with van der Waals surface area (Å²) >= 11 is 0. The van der Waals surface area contributed by atoms with Crippen molar-refractivity contribution in [3.05, 3.63) is 177 Å². The Labute approximate surface area is 266 Å². The van der Waals surface area contributed by atoms with Crippen molar-refractivity contribution in [3.63, 3.8) is 0 Å². The fourth-order valence-electron chi connectivity index (χ4n) is 5.06. The summed E-state index contributed by atoms with van der Waals surface area (Å²) in [5.74, 6) is 0.920. The first kappa shape index (κ1) is 28.2. The van der Waals surface area contributed by atoms with Crippen LogP contribution in [0.25, 0.3) is 0 Å². The molecule has 5 aromatic carbocycles. The van der Waals surface area contributed by atoms with E-state index in [4.69, 9.17) is 0 Å². The number of hydrogen-bond donors (Lipinski definition) is 0. The average Bonchev–Trinajstić information content (AvgIpc) is 3.67. The molecule has 0 saturated carbocycles. The van der Waals surface area contributed by atoms with Gasteiger partial charge in [0, 0.05) is 43.4 Å². The zero-order valence-corrected chi connectivity index (χ0v) is 25.5. The van der Waals surface area contributed by atoms with Gasteiger partial charge in [-0.2, -0.15) is 91.0 Å². The first-order valence-corrected chi connectivity index (χ1v) is 13.7. The van der Waals surface area contributed by atoms with Crippen molar-refractivity contribution < 1.29 is 20.1 Å². The van der Waals surface area contributed by atoms with Crippen LogP contribution in [-0.4, -0.2) is 4.98 Å². The number of para-hydroxylation sites is 6. The zero-order valence-electron chi connectivity index (χ0n) is 23.1. The van der Waals surface area contributed by atoms with Crippen LogP contribution in [0.3, 0.4) is 0 Å². The molecule has 6 aromatic rings. The molecule has 0 atom stereocenters. The van der Waals surface area contributed by atoms with Crippen molar-refractivity contribution in [1.29, 1.82) is 0 Å². The summed E-state index contributed by atoms with van der Waals surface area (Å²) < 4.78 is 0. The minimum Gasteiger partial charge on any atom is -0.493 e. The Kier molecular flexibility index (Phi) is 8.50. The molecular formula is C37H26IrN5-5. The molecule has 0 spiro atoms. The van der Waals surface area contributed by atoms with Gasteiger partial charge in [-0.25, -0.2) is 4.98 Å². The van der Waals surface area contributed by atoms with Gasteiger partial charge in [-0.3, -0.25) is 0 Å². The third kappa shape index (κ3) is 5.76. The van der Waals surface area contributed by atoms with Crippen LogP contribution in [0.15, 0.2) is 146 Å². The van der Waals surface area contributed by atoms with E-state index in [1.165, 1.54) is 0 Å². The number of fused-ring (bicyclic) bond motifs is 2. The molecule has 0 fully saturated rings. The Hall–Kier alpha value is -4.90. The molecule has 0 aliphatic carbocycles. The fourth-order valence-corrected chi connectivity index (χ4v) is 5.06. The number of benzene rings is 5. The third-order valence-electron chi connectivity index (χ3n) is 7.01. The molecule has 8 rings (SSSR count). The molecule has 2 aliphatic heterocycles. The van der Waals surface area contributed by atoms with E-state index in [1.807, 2.05) is 91.1 Å². The molecule has 5 nitrogen and oxygen atoms in total. The molecule has 0 saturated heterocycles. The van der Waals surface area contributed by atoms with Crippen molar-refractivity contribution in [2.24, 2.45) is 0 Å². The maximum Gasteiger partial charge on any atom is 0.124 e. The molecule has 1 radical (unpaired) electrons. The minimum absolute atomic E-state index is 0. The SMILES string of the molecule is [Ir].[c-]1ccccc1N1[CH-]N(c2[c-]cccc2)c2ccccc21.[c-]1ccccc1N1[CH-]N(c2ccccc2)c2cccnc21. The van der Waals surface area contributed by atoms with Gasteiger partial charge in [-0.15, -0.1) is 30.4 Å². The quantitative estimate of drug-likeness (QED) is 0.169. The van der Waals surface area contributed by atoms with Crippen LogP contribution in [0.4, 0.5) is 45.6 Å². The van der Waals surface area contributed by atoms with E-state index in [9.17, 15) is 0 Å². The maximum atomic E-state index is 4.53. The van der Waals surface area contributed by atoms with Crippen LogP contribution in [-0.2, 0) is 20.1 Å². The van der Waals surface area contributed by atoms with E-state index in [1.54, 1.807) is 0 Å². The summed E-state index contributed by atoms with van der Waals surface area (Å²) in [4.78, 5) is 13.0. The zero-order chi connectivity index (χ0) is 28.1. The van der Waals surface area contributed by atoms with E-state index < -0.39 is 0 Å². The van der Waals surface area contributed by atoms with Crippen molar-refractivity contribution in [1.82, 2.24) is 4.98 Å². The van der Waals surface area contributed by atoms with Crippen LogP contribution < -0.4 is 19.6 Å². The molecule has 6 heteroatoms. The van der Waals surface area contributed by atoms with Crippen LogP contribution in [0.2, 0.25) is 0 Å². The molecule has 3 heterocycles. The second-order valence-electron chi connectivity index (χ2n) is 9.62. The third-order valence-corrected chi connectivity index (χ3v) is 7.01. The van der Waals surface area contributed by atoms with Crippen LogP contribution in [0.5, 0.6) is 0 Å². The normalized spacial score (nSPS) is 13.0. The predicted molar refractivity (Wildman–Crippen MR) is 170 cm³/mol. The summed E-state index contributed by atoms with van der Waals surface area (Å²) in [6.45, 7) is 4.14. The average molecular weight is 733 g/mol. The second-order valence-corrected chi connectivity index (χ2v) is 9.62. The molecule has 0 amide bonds. The fraction of sp³-hybridized carbons (Fsp3) is 0. The van der Waals surface area contributed by atoms with E-state index in [2.05, 4.69) is 111 Å². The van der Waals surface area contributed by atoms with Gasteiger partial charge in [0.15, 0.2) is 0 Å². The standard InChI is InChI=1S/C19H13N2.C18H13N3.Ir/c1-3-9-16(10-4-1)20-15-21(17-11-5-2-6-12-17)19-14-8-7-13-18(19)20;1-3-8-15(9-4-1)20-14-21(16-10-5-2-6-11-16)18-17(20)12-7-13-19-18;/h1-9,11,13-15H;1-10,12-14H;/q-3;-2;. The van der Waals surface area contributed by atoms with Gasteiger partial charge in [0.2, 0.25) is 0 Å². The Morgan fingerprint density at radius 3 is 1.44 bits per heavy atom. The van der Waals surface area contributed by atoms with Crippen LogP contribution >= 0.6 is 0 Å². The number of hydrogen-bond acceptors (Lipinski definition) is 5. The van der Waals surface area contributed by atoms with Gasteiger partial charge in [0.1, 0.15) is 5.82 Å². The first-order chi connectivity index (χ1) is 20.9. The first-order valence-electron chi connectivity index (χ1n) is 13.7. The smallest absolute Gasteiger partial charge is 0.124 e. The molecule has 0 bridgehead atoms. The van der Waals surface area contributed by atoms with Crippen LogP contribution in [0.1, 0.15) is 0 Å². The van der Waals surface area contributed by atoms with Crippen molar-refractivity contribution in [3.8, 4) is 0 Å². The topological polar surface area (TPSA) is 25.9 Å². The molecule has 213 valence electrons.